The third-order valence-corrected chi connectivity index (χ3v) is 2.66. The molecule has 2 aromatic rings. The predicted molar refractivity (Wildman–Crippen MR) is 70.3 cm³/mol. The van der Waals surface area contributed by atoms with E-state index in [1.54, 1.807) is 0 Å². The average Bonchev–Trinajstić information content (AvgIpc) is 2.47. The van der Waals surface area contributed by atoms with Gasteiger partial charge in [0.1, 0.15) is 11.4 Å². The van der Waals surface area contributed by atoms with Crippen molar-refractivity contribution in [3.8, 4) is 5.75 Å². The Labute approximate surface area is 131 Å². The van der Waals surface area contributed by atoms with Gasteiger partial charge in [0, 0.05) is 11.9 Å². The molecule has 0 radical (unpaired) electrons. The second-order valence-corrected chi connectivity index (χ2v) is 4.46. The zero-order valence-corrected chi connectivity index (χ0v) is 11.6. The molecule has 0 bridgehead atoms. The molecule has 0 spiro atoms. The molecule has 0 unspecified atom stereocenters. The second kappa shape index (κ2) is 6.38. The summed E-state index contributed by atoms with van der Waals surface area (Å²) in [6, 6.07) is 5.84. The number of carbonyl (C=O) groups excluding carboxylic acids is 1. The number of nitrogens with zero attached hydrogens (tertiary/aromatic N) is 1. The van der Waals surface area contributed by atoms with Gasteiger partial charge < -0.3 is 10.1 Å². The predicted octanol–water partition coefficient (Wildman–Crippen LogP) is 4.25. The smallest absolute Gasteiger partial charge is 0.406 e. The first-order chi connectivity index (χ1) is 11.0. The van der Waals surface area contributed by atoms with E-state index in [2.05, 4.69) is 15.0 Å². The Morgan fingerprint density at radius 1 is 0.958 bits per heavy atom. The molecule has 1 N–H and O–H groups in total. The minimum absolute atomic E-state index is 0.134. The zero-order chi connectivity index (χ0) is 18.0. The molecule has 4 nitrogen and oxygen atoms in total. The molecule has 1 amide bonds. The van der Waals surface area contributed by atoms with Gasteiger partial charge in [-0.1, -0.05) is 0 Å². The lowest BCUT2D eigenvalue weighted by molar-refractivity contribution is -0.274. The third kappa shape index (κ3) is 4.86. The van der Waals surface area contributed by atoms with Gasteiger partial charge in [-0.25, -0.2) is 0 Å². The monoisotopic (exact) mass is 350 g/mol. The van der Waals surface area contributed by atoms with Gasteiger partial charge >= 0.3 is 12.5 Å². The molecular formula is C14H8F6N2O2. The molecular weight excluding hydrogens is 342 g/mol. The number of nitrogens with one attached hydrogen (secondary N) is 1. The maximum Gasteiger partial charge on any atom is 0.573 e. The third-order valence-electron chi connectivity index (χ3n) is 2.66. The van der Waals surface area contributed by atoms with E-state index in [9.17, 15) is 31.1 Å². The van der Waals surface area contributed by atoms with Crippen molar-refractivity contribution >= 4 is 11.6 Å². The fourth-order valence-electron chi connectivity index (χ4n) is 1.64. The highest BCUT2D eigenvalue weighted by atomic mass is 19.4. The van der Waals surface area contributed by atoms with Gasteiger partial charge in [-0.15, -0.1) is 13.2 Å². The Hall–Kier alpha value is -2.78. The minimum atomic E-state index is -4.84. The maximum atomic E-state index is 12.4. The van der Waals surface area contributed by atoms with E-state index >= 15 is 0 Å². The van der Waals surface area contributed by atoms with Crippen LogP contribution in [0.25, 0.3) is 0 Å². The van der Waals surface area contributed by atoms with Crippen molar-refractivity contribution in [2.45, 2.75) is 12.5 Å². The van der Waals surface area contributed by atoms with E-state index in [-0.39, 0.29) is 11.3 Å². The number of anilines is 1. The van der Waals surface area contributed by atoms with Crippen molar-refractivity contribution < 1.29 is 35.9 Å². The minimum Gasteiger partial charge on any atom is -0.406 e. The van der Waals surface area contributed by atoms with Crippen LogP contribution in [0.1, 0.15) is 16.1 Å². The highest BCUT2D eigenvalue weighted by Crippen LogP contribution is 2.27. The van der Waals surface area contributed by atoms with Gasteiger partial charge in [0.2, 0.25) is 0 Å². The molecule has 2 rings (SSSR count). The summed E-state index contributed by atoms with van der Waals surface area (Å²) in [6.07, 6.45) is -8.71. The van der Waals surface area contributed by atoms with Crippen LogP contribution >= 0.6 is 0 Å². The summed E-state index contributed by atoms with van der Waals surface area (Å²) >= 11 is 0. The number of carbonyl (C=O) groups is 1. The molecule has 0 aliphatic rings. The molecule has 1 aromatic heterocycles. The molecule has 1 aromatic carbocycles. The molecule has 0 fully saturated rings. The number of hydrogen-bond donors (Lipinski definition) is 1. The van der Waals surface area contributed by atoms with E-state index in [1.165, 1.54) is 0 Å². The fraction of sp³-hybridized carbons (Fsp3) is 0.143. The van der Waals surface area contributed by atoms with Crippen molar-refractivity contribution in [1.29, 1.82) is 0 Å². The summed E-state index contributed by atoms with van der Waals surface area (Å²) < 4.78 is 76.8. The summed E-state index contributed by atoms with van der Waals surface area (Å²) in [5.74, 6) is -1.24. The Morgan fingerprint density at radius 3 is 2.04 bits per heavy atom. The Balaban J connectivity index is 2.04. The second-order valence-electron chi connectivity index (χ2n) is 4.46. The first kappa shape index (κ1) is 17.6. The molecule has 0 saturated carbocycles. The zero-order valence-electron chi connectivity index (χ0n) is 11.6. The normalized spacial score (nSPS) is 11.9. The van der Waals surface area contributed by atoms with Crippen molar-refractivity contribution in [2.75, 3.05) is 5.32 Å². The van der Waals surface area contributed by atoms with Crippen LogP contribution in [0.3, 0.4) is 0 Å². The SMILES string of the molecule is O=C(Nc1ccc(OC(F)(F)F)cc1)c1ccc(C(F)(F)F)nc1. The molecule has 128 valence electrons. The summed E-state index contributed by atoms with van der Waals surface area (Å²) in [5.41, 5.74) is -1.15. The van der Waals surface area contributed by atoms with Crippen molar-refractivity contribution in [3.05, 3.63) is 53.9 Å². The molecule has 0 aliphatic heterocycles. The Kier molecular flexibility index (Phi) is 4.67. The number of amides is 1. The number of rotatable bonds is 3. The van der Waals surface area contributed by atoms with E-state index in [0.717, 1.165) is 36.5 Å². The van der Waals surface area contributed by atoms with Crippen molar-refractivity contribution in [1.82, 2.24) is 4.98 Å². The van der Waals surface area contributed by atoms with Crippen LogP contribution in [0.4, 0.5) is 32.0 Å². The summed E-state index contributed by atoms with van der Waals surface area (Å²) in [5, 5.41) is 2.31. The van der Waals surface area contributed by atoms with Crippen molar-refractivity contribution in [2.24, 2.45) is 0 Å². The number of halogens is 6. The van der Waals surface area contributed by atoms with Gasteiger partial charge in [-0.3, -0.25) is 9.78 Å². The first-order valence-corrected chi connectivity index (χ1v) is 6.25. The number of benzene rings is 1. The average molecular weight is 350 g/mol. The number of ether oxygens (including phenoxy) is 1. The van der Waals surface area contributed by atoms with Crippen LogP contribution in [0.15, 0.2) is 42.6 Å². The van der Waals surface area contributed by atoms with Crippen LogP contribution in [-0.2, 0) is 6.18 Å². The van der Waals surface area contributed by atoms with Crippen LogP contribution in [-0.4, -0.2) is 17.3 Å². The summed E-state index contributed by atoms with van der Waals surface area (Å²) in [7, 11) is 0. The standard InChI is InChI=1S/C14H8F6N2O2/c15-13(16,17)11-6-1-8(7-21-11)12(23)22-9-2-4-10(5-3-9)24-14(18,19)20/h1-7H,(H,22,23). The highest BCUT2D eigenvalue weighted by molar-refractivity contribution is 6.04. The van der Waals surface area contributed by atoms with Crippen LogP contribution in [0.2, 0.25) is 0 Å². The van der Waals surface area contributed by atoms with Gasteiger partial charge in [0.15, 0.2) is 0 Å². The van der Waals surface area contributed by atoms with Gasteiger partial charge in [0.05, 0.1) is 5.56 Å². The highest BCUT2D eigenvalue weighted by Gasteiger charge is 2.32. The van der Waals surface area contributed by atoms with Gasteiger partial charge in [-0.2, -0.15) is 13.2 Å². The largest absolute Gasteiger partial charge is 0.573 e. The summed E-state index contributed by atoms with van der Waals surface area (Å²) in [4.78, 5) is 15.0. The molecule has 0 atom stereocenters. The van der Waals surface area contributed by atoms with Crippen LogP contribution < -0.4 is 10.1 Å². The van der Waals surface area contributed by atoms with E-state index < -0.39 is 29.9 Å². The quantitative estimate of drug-likeness (QED) is 0.842. The molecule has 10 heteroatoms. The van der Waals surface area contributed by atoms with E-state index in [0.29, 0.717) is 6.07 Å². The summed E-state index contributed by atoms with van der Waals surface area (Å²) in [6.45, 7) is 0. The fourth-order valence-corrected chi connectivity index (χ4v) is 1.64. The number of alkyl halides is 6. The van der Waals surface area contributed by atoms with Crippen LogP contribution in [0.5, 0.6) is 5.75 Å². The number of aromatic nitrogens is 1. The topological polar surface area (TPSA) is 51.2 Å². The lowest BCUT2D eigenvalue weighted by atomic mass is 10.2. The molecule has 1 heterocycles. The first-order valence-electron chi connectivity index (χ1n) is 6.25. The van der Waals surface area contributed by atoms with Gasteiger partial charge in [-0.05, 0) is 36.4 Å². The van der Waals surface area contributed by atoms with E-state index in [1.807, 2.05) is 0 Å². The molecule has 0 saturated heterocycles. The lowest BCUT2D eigenvalue weighted by Gasteiger charge is -2.10. The van der Waals surface area contributed by atoms with Gasteiger partial charge in [0.25, 0.3) is 5.91 Å². The molecule has 24 heavy (non-hydrogen) atoms. The van der Waals surface area contributed by atoms with Crippen molar-refractivity contribution in [3.63, 3.8) is 0 Å². The van der Waals surface area contributed by atoms with E-state index in [4.69, 9.17) is 0 Å². The number of pyridine rings is 1. The van der Waals surface area contributed by atoms with Crippen LogP contribution in [0, 0.1) is 0 Å². The molecule has 0 aliphatic carbocycles. The Bertz CT molecular complexity index is 708. The maximum absolute atomic E-state index is 12.4. The Morgan fingerprint density at radius 2 is 1.58 bits per heavy atom. The lowest BCUT2D eigenvalue weighted by Crippen LogP contribution is -2.17. The number of hydrogen-bond acceptors (Lipinski definition) is 3.